The number of benzene rings is 1. The van der Waals surface area contributed by atoms with Crippen LogP contribution in [0.2, 0.25) is 5.02 Å². The topological polar surface area (TPSA) is 70.0 Å². The molecule has 5 rings (SSSR count). The van der Waals surface area contributed by atoms with Crippen molar-refractivity contribution in [2.75, 3.05) is 0 Å². The summed E-state index contributed by atoms with van der Waals surface area (Å²) in [4.78, 5) is 17.3. The monoisotopic (exact) mass is 354 g/mol. The van der Waals surface area contributed by atoms with Gasteiger partial charge in [-0.05, 0) is 37.3 Å². The molecule has 1 aliphatic rings. The van der Waals surface area contributed by atoms with Crippen LogP contribution >= 0.6 is 11.6 Å². The van der Waals surface area contributed by atoms with Crippen molar-refractivity contribution in [1.82, 2.24) is 28.9 Å². The van der Waals surface area contributed by atoms with Crippen LogP contribution in [0.4, 0.5) is 0 Å². The Labute approximate surface area is 147 Å². The Balaban J connectivity index is 1.76. The predicted octanol–water partition coefficient (Wildman–Crippen LogP) is 2.37. The minimum atomic E-state index is -0.159. The second-order valence-corrected chi connectivity index (χ2v) is 6.97. The predicted molar refractivity (Wildman–Crippen MR) is 94.3 cm³/mol. The van der Waals surface area contributed by atoms with Crippen molar-refractivity contribution in [2.45, 2.75) is 19.3 Å². The number of hydrogen-bond acceptors (Lipinski definition) is 4. The van der Waals surface area contributed by atoms with Gasteiger partial charge in [0, 0.05) is 7.05 Å². The van der Waals surface area contributed by atoms with E-state index >= 15 is 0 Å². The highest BCUT2D eigenvalue weighted by Gasteiger charge is 2.23. The zero-order valence-corrected chi connectivity index (χ0v) is 14.3. The average Bonchev–Trinajstić information content (AvgIpc) is 3.11. The van der Waals surface area contributed by atoms with Crippen LogP contribution < -0.4 is 5.56 Å². The summed E-state index contributed by atoms with van der Waals surface area (Å²) in [5.41, 5.74) is 2.18. The molecule has 1 aliphatic carbocycles. The molecule has 3 aromatic heterocycles. The van der Waals surface area contributed by atoms with Crippen LogP contribution in [-0.4, -0.2) is 28.9 Å². The van der Waals surface area contributed by atoms with Gasteiger partial charge in [-0.15, -0.1) is 5.10 Å². The van der Waals surface area contributed by atoms with E-state index in [-0.39, 0.29) is 5.56 Å². The van der Waals surface area contributed by atoms with Gasteiger partial charge in [0.25, 0.3) is 5.56 Å². The fourth-order valence-electron chi connectivity index (χ4n) is 3.28. The van der Waals surface area contributed by atoms with Gasteiger partial charge in [0.05, 0.1) is 27.8 Å². The number of aryl methyl sites for hydroxylation is 1. The molecule has 126 valence electrons. The first kappa shape index (κ1) is 14.7. The Morgan fingerprint density at radius 3 is 2.96 bits per heavy atom. The van der Waals surface area contributed by atoms with Gasteiger partial charge in [0.15, 0.2) is 11.5 Å². The molecule has 1 saturated carbocycles. The number of fused-ring (bicyclic) bond motifs is 3. The summed E-state index contributed by atoms with van der Waals surface area (Å²) in [5, 5.41) is 9.37. The van der Waals surface area contributed by atoms with Crippen molar-refractivity contribution < 1.29 is 0 Å². The SMILES string of the molecule is Cn1c(=O)c2c(Cl)cccc2n2cnc(-n3cc(CC4CC4)nn3)c12. The number of halogens is 1. The molecular formula is C17H15ClN6O. The molecular weight excluding hydrogens is 340 g/mol. The molecule has 1 aromatic carbocycles. The largest absolute Gasteiger partial charge is 0.294 e. The Kier molecular flexibility index (Phi) is 3.03. The van der Waals surface area contributed by atoms with Crippen molar-refractivity contribution in [2.24, 2.45) is 13.0 Å². The van der Waals surface area contributed by atoms with Crippen LogP contribution in [-0.2, 0) is 13.5 Å². The van der Waals surface area contributed by atoms with E-state index in [1.54, 1.807) is 28.7 Å². The van der Waals surface area contributed by atoms with Crippen LogP contribution in [0.25, 0.3) is 22.4 Å². The maximum Gasteiger partial charge on any atom is 0.262 e. The summed E-state index contributed by atoms with van der Waals surface area (Å²) in [6.45, 7) is 0. The fourth-order valence-corrected chi connectivity index (χ4v) is 3.53. The van der Waals surface area contributed by atoms with Gasteiger partial charge in [-0.1, -0.05) is 22.9 Å². The standard InChI is InChI=1S/C17H15ClN6O/c1-22-16-15(24-8-11(20-21-24)7-10-5-6-10)19-9-23(16)13-4-2-3-12(18)14(13)17(22)25/h2-4,8-10H,5-7H2,1H3. The molecule has 0 atom stereocenters. The molecule has 1 fully saturated rings. The molecule has 0 bridgehead atoms. The maximum atomic E-state index is 12.8. The van der Waals surface area contributed by atoms with E-state index in [0.717, 1.165) is 23.5 Å². The Morgan fingerprint density at radius 2 is 2.16 bits per heavy atom. The number of nitrogens with zero attached hydrogens (tertiary/aromatic N) is 6. The Hall–Kier alpha value is -2.67. The molecule has 0 aliphatic heterocycles. The summed E-state index contributed by atoms with van der Waals surface area (Å²) in [7, 11) is 1.72. The van der Waals surface area contributed by atoms with Gasteiger partial charge in [0.1, 0.15) is 6.33 Å². The van der Waals surface area contributed by atoms with Gasteiger partial charge >= 0.3 is 0 Å². The summed E-state index contributed by atoms with van der Waals surface area (Å²) >= 11 is 6.24. The van der Waals surface area contributed by atoms with E-state index in [2.05, 4.69) is 15.3 Å². The first-order valence-electron chi connectivity index (χ1n) is 8.19. The minimum absolute atomic E-state index is 0.159. The van der Waals surface area contributed by atoms with Crippen molar-refractivity contribution >= 4 is 28.2 Å². The lowest BCUT2D eigenvalue weighted by atomic mass is 10.2. The lowest BCUT2D eigenvalue weighted by Crippen LogP contribution is -2.20. The van der Waals surface area contributed by atoms with Gasteiger partial charge in [0.2, 0.25) is 0 Å². The first-order chi connectivity index (χ1) is 12.1. The van der Waals surface area contributed by atoms with Gasteiger partial charge < -0.3 is 0 Å². The molecule has 0 radical (unpaired) electrons. The van der Waals surface area contributed by atoms with Crippen LogP contribution in [0, 0.1) is 5.92 Å². The molecule has 25 heavy (non-hydrogen) atoms. The van der Waals surface area contributed by atoms with Crippen LogP contribution in [0.3, 0.4) is 0 Å². The smallest absolute Gasteiger partial charge is 0.262 e. The average molecular weight is 355 g/mol. The van der Waals surface area contributed by atoms with E-state index in [1.807, 2.05) is 22.7 Å². The number of imidazole rings is 1. The third-order valence-electron chi connectivity index (χ3n) is 4.76. The molecule has 0 spiro atoms. The highest BCUT2D eigenvalue weighted by atomic mass is 35.5. The number of rotatable bonds is 3. The molecule has 0 N–H and O–H groups in total. The normalized spacial score (nSPS) is 14.6. The zero-order valence-electron chi connectivity index (χ0n) is 13.6. The molecule has 7 nitrogen and oxygen atoms in total. The maximum absolute atomic E-state index is 12.8. The Morgan fingerprint density at radius 1 is 1.32 bits per heavy atom. The summed E-state index contributed by atoms with van der Waals surface area (Å²) in [6, 6.07) is 5.41. The van der Waals surface area contributed by atoms with Crippen molar-refractivity contribution in [3.8, 4) is 5.82 Å². The van der Waals surface area contributed by atoms with E-state index in [1.165, 1.54) is 12.8 Å². The van der Waals surface area contributed by atoms with E-state index in [9.17, 15) is 4.79 Å². The summed E-state index contributed by atoms with van der Waals surface area (Å²) < 4.78 is 5.06. The number of hydrogen-bond donors (Lipinski definition) is 0. The highest BCUT2D eigenvalue weighted by molar-refractivity contribution is 6.35. The van der Waals surface area contributed by atoms with Gasteiger partial charge in [-0.3, -0.25) is 13.8 Å². The second-order valence-electron chi connectivity index (χ2n) is 6.56. The fraction of sp³-hybridized carbons (Fsp3) is 0.294. The van der Waals surface area contributed by atoms with E-state index < -0.39 is 0 Å². The van der Waals surface area contributed by atoms with Crippen LogP contribution in [0.1, 0.15) is 18.5 Å². The molecule has 8 heteroatoms. The third-order valence-corrected chi connectivity index (χ3v) is 5.08. The minimum Gasteiger partial charge on any atom is -0.294 e. The van der Waals surface area contributed by atoms with Crippen molar-refractivity contribution in [3.05, 3.63) is 51.8 Å². The third kappa shape index (κ3) is 2.19. The first-order valence-corrected chi connectivity index (χ1v) is 8.57. The molecule has 0 unspecified atom stereocenters. The second kappa shape index (κ2) is 5.16. The summed E-state index contributed by atoms with van der Waals surface area (Å²) in [6.07, 6.45) is 7.06. The van der Waals surface area contributed by atoms with Crippen molar-refractivity contribution in [3.63, 3.8) is 0 Å². The molecule has 0 saturated heterocycles. The quantitative estimate of drug-likeness (QED) is 0.566. The summed E-state index contributed by atoms with van der Waals surface area (Å²) in [5.74, 6) is 1.32. The Bertz CT molecular complexity index is 1180. The molecule has 4 aromatic rings. The van der Waals surface area contributed by atoms with Crippen LogP contribution in [0.5, 0.6) is 0 Å². The lowest BCUT2D eigenvalue weighted by Gasteiger charge is -2.09. The van der Waals surface area contributed by atoms with Crippen molar-refractivity contribution in [1.29, 1.82) is 0 Å². The highest BCUT2D eigenvalue weighted by Crippen LogP contribution is 2.32. The van der Waals surface area contributed by atoms with E-state index in [0.29, 0.717) is 21.9 Å². The molecule has 0 amide bonds. The zero-order chi connectivity index (χ0) is 17.1. The van der Waals surface area contributed by atoms with Crippen LogP contribution in [0.15, 0.2) is 35.5 Å². The van der Waals surface area contributed by atoms with Gasteiger partial charge in [-0.25, -0.2) is 4.98 Å². The van der Waals surface area contributed by atoms with Gasteiger partial charge in [-0.2, -0.15) is 4.68 Å². The molecule has 3 heterocycles. The number of aromatic nitrogens is 6. The van der Waals surface area contributed by atoms with E-state index in [4.69, 9.17) is 11.6 Å². The lowest BCUT2D eigenvalue weighted by molar-refractivity contribution is 0.763.